The van der Waals surface area contributed by atoms with E-state index in [1.54, 1.807) is 13.3 Å². The lowest BCUT2D eigenvalue weighted by molar-refractivity contribution is 0.268. The molecule has 4 rings (SSSR count). The summed E-state index contributed by atoms with van der Waals surface area (Å²) in [4.78, 5) is 14.1. The summed E-state index contributed by atoms with van der Waals surface area (Å²) >= 11 is 13.8. The second kappa shape index (κ2) is 8.34. The van der Waals surface area contributed by atoms with Crippen molar-refractivity contribution >= 4 is 40.8 Å². The van der Waals surface area contributed by atoms with E-state index in [0.717, 1.165) is 11.1 Å². The third kappa shape index (κ3) is 3.77. The normalized spacial score (nSPS) is 22.7. The number of hydrogen-bond donors (Lipinski definition) is 1. The number of hydrogen-bond acceptors (Lipinski definition) is 6. The van der Waals surface area contributed by atoms with Crippen molar-refractivity contribution in [3.05, 3.63) is 81.5 Å². The summed E-state index contributed by atoms with van der Waals surface area (Å²) in [6, 6.07) is 15.6. The van der Waals surface area contributed by atoms with Crippen molar-refractivity contribution in [1.29, 1.82) is 0 Å². The highest BCUT2D eigenvalue weighted by molar-refractivity contribution is 7.98. The number of benzene rings is 2. The van der Waals surface area contributed by atoms with Gasteiger partial charge in [-0.05, 0) is 55.5 Å². The molecule has 2 heterocycles. The molecule has 0 amide bonds. The van der Waals surface area contributed by atoms with Crippen LogP contribution in [-0.4, -0.2) is 29.2 Å². The molecule has 0 spiro atoms. The van der Waals surface area contributed by atoms with Crippen LogP contribution < -0.4 is 10.1 Å². The lowest BCUT2D eigenvalue weighted by Gasteiger charge is -2.40. The summed E-state index contributed by atoms with van der Waals surface area (Å²) in [6.07, 6.45) is 3.67. The van der Waals surface area contributed by atoms with Gasteiger partial charge in [0.15, 0.2) is 5.16 Å². The quantitative estimate of drug-likeness (QED) is 0.381. The summed E-state index contributed by atoms with van der Waals surface area (Å²) in [5.41, 5.74) is 1.55. The topological polar surface area (TPSA) is 59.4 Å². The Hall–Kier alpha value is -2.28. The zero-order chi connectivity index (χ0) is 22.2. The van der Waals surface area contributed by atoms with Crippen LogP contribution in [0.3, 0.4) is 0 Å². The van der Waals surface area contributed by atoms with Crippen LogP contribution in [0, 0.1) is 0 Å². The number of methoxy groups -OCH3 is 1. The molecule has 1 aliphatic rings. The number of halogens is 2. The molecule has 0 fully saturated rings. The summed E-state index contributed by atoms with van der Waals surface area (Å²) in [5, 5.41) is 5.64. The Balaban J connectivity index is 1.90. The number of aromatic nitrogens is 2. The van der Waals surface area contributed by atoms with E-state index in [1.807, 2.05) is 54.8 Å². The maximum Gasteiger partial charge on any atom is 0.228 e. The van der Waals surface area contributed by atoms with Crippen molar-refractivity contribution in [3.8, 4) is 5.88 Å². The van der Waals surface area contributed by atoms with Crippen molar-refractivity contribution in [2.24, 2.45) is 4.99 Å². The lowest BCUT2D eigenvalue weighted by atomic mass is 9.72. The van der Waals surface area contributed by atoms with Crippen LogP contribution in [0.2, 0.25) is 10.0 Å². The van der Waals surface area contributed by atoms with E-state index >= 15 is 0 Å². The predicted octanol–water partition coefficient (Wildman–Crippen LogP) is 5.69. The minimum Gasteiger partial charge on any atom is -0.480 e. The highest BCUT2D eigenvalue weighted by Crippen LogP contribution is 2.48. The number of amidine groups is 1. The molecule has 3 aromatic rings. The molecule has 8 heteroatoms. The van der Waals surface area contributed by atoms with Gasteiger partial charge in [0.2, 0.25) is 5.88 Å². The van der Waals surface area contributed by atoms with Gasteiger partial charge in [-0.25, -0.2) is 4.98 Å². The second-order valence-electron chi connectivity index (χ2n) is 7.58. The van der Waals surface area contributed by atoms with Gasteiger partial charge >= 0.3 is 0 Å². The molecule has 0 radical (unpaired) electrons. The number of ether oxygens (including phenoxy) is 1. The molecule has 0 saturated heterocycles. The van der Waals surface area contributed by atoms with Crippen LogP contribution in [0.1, 0.15) is 30.5 Å². The molecule has 31 heavy (non-hydrogen) atoms. The lowest BCUT2D eigenvalue weighted by Crippen LogP contribution is -2.50. The molecule has 1 aromatic heterocycles. The Morgan fingerprint density at radius 2 is 1.52 bits per heavy atom. The van der Waals surface area contributed by atoms with Gasteiger partial charge in [-0.15, -0.1) is 0 Å². The molecular weight excluding hydrogens is 451 g/mol. The first-order valence-electron chi connectivity index (χ1n) is 9.66. The van der Waals surface area contributed by atoms with Crippen LogP contribution in [0.4, 0.5) is 0 Å². The third-order valence-corrected chi connectivity index (χ3v) is 6.93. The van der Waals surface area contributed by atoms with Gasteiger partial charge in [0, 0.05) is 16.2 Å². The SMILES string of the molecule is COc1nc(SC)ncc1C1=NC(C)(c2ccc(Cl)cc2)C(C)(c2ccc(Cl)cc2)N1. The largest absolute Gasteiger partial charge is 0.480 e. The van der Waals surface area contributed by atoms with Crippen molar-refractivity contribution < 1.29 is 4.74 Å². The summed E-state index contributed by atoms with van der Waals surface area (Å²) in [5.74, 6) is 1.14. The fraction of sp³-hybridized carbons (Fsp3) is 0.261. The molecule has 1 N–H and O–H groups in total. The first kappa shape index (κ1) is 21.9. The summed E-state index contributed by atoms with van der Waals surface area (Å²) in [6.45, 7) is 4.24. The average Bonchev–Trinajstić information content (AvgIpc) is 3.06. The molecule has 0 aliphatic carbocycles. The maximum atomic E-state index is 6.16. The first-order valence-corrected chi connectivity index (χ1v) is 11.6. The number of nitrogens with one attached hydrogen (secondary N) is 1. The van der Waals surface area contributed by atoms with E-state index in [9.17, 15) is 0 Å². The molecule has 2 unspecified atom stereocenters. The Labute approximate surface area is 196 Å². The smallest absolute Gasteiger partial charge is 0.228 e. The average molecular weight is 473 g/mol. The van der Waals surface area contributed by atoms with E-state index in [0.29, 0.717) is 32.5 Å². The first-order chi connectivity index (χ1) is 14.8. The van der Waals surface area contributed by atoms with E-state index < -0.39 is 11.1 Å². The molecule has 1 aliphatic heterocycles. The van der Waals surface area contributed by atoms with Gasteiger partial charge in [0.25, 0.3) is 0 Å². The zero-order valence-electron chi connectivity index (χ0n) is 17.6. The Morgan fingerprint density at radius 3 is 2.06 bits per heavy atom. The van der Waals surface area contributed by atoms with Gasteiger partial charge in [-0.3, -0.25) is 4.99 Å². The van der Waals surface area contributed by atoms with Gasteiger partial charge < -0.3 is 10.1 Å². The fourth-order valence-corrected chi connectivity index (χ4v) is 4.47. The van der Waals surface area contributed by atoms with Gasteiger partial charge in [-0.1, -0.05) is 59.2 Å². The zero-order valence-corrected chi connectivity index (χ0v) is 19.9. The monoisotopic (exact) mass is 472 g/mol. The van der Waals surface area contributed by atoms with Gasteiger partial charge in [-0.2, -0.15) is 4.98 Å². The molecule has 0 saturated carbocycles. The minimum absolute atomic E-state index is 0.476. The van der Waals surface area contributed by atoms with Gasteiger partial charge in [0.05, 0.1) is 18.2 Å². The number of thioether (sulfide) groups is 1. The Kier molecular flexibility index (Phi) is 5.90. The van der Waals surface area contributed by atoms with Crippen molar-refractivity contribution in [2.45, 2.75) is 30.1 Å². The van der Waals surface area contributed by atoms with Crippen LogP contribution in [0.25, 0.3) is 0 Å². The van der Waals surface area contributed by atoms with E-state index in [-0.39, 0.29) is 0 Å². The minimum atomic E-state index is -0.649. The molecule has 160 valence electrons. The number of nitrogens with zero attached hydrogens (tertiary/aromatic N) is 3. The summed E-state index contributed by atoms with van der Waals surface area (Å²) < 4.78 is 5.56. The van der Waals surface area contributed by atoms with Gasteiger partial charge in [0.1, 0.15) is 11.4 Å². The van der Waals surface area contributed by atoms with Crippen LogP contribution in [0.5, 0.6) is 5.88 Å². The number of aliphatic imine (C=N–C) groups is 1. The third-order valence-electron chi connectivity index (χ3n) is 5.87. The van der Waals surface area contributed by atoms with Crippen molar-refractivity contribution in [1.82, 2.24) is 15.3 Å². The van der Waals surface area contributed by atoms with Crippen molar-refractivity contribution in [3.63, 3.8) is 0 Å². The van der Waals surface area contributed by atoms with E-state index in [4.69, 9.17) is 32.9 Å². The second-order valence-corrected chi connectivity index (χ2v) is 9.22. The van der Waals surface area contributed by atoms with E-state index in [1.165, 1.54) is 11.8 Å². The Morgan fingerprint density at radius 1 is 0.935 bits per heavy atom. The van der Waals surface area contributed by atoms with Crippen LogP contribution >= 0.6 is 35.0 Å². The Bertz CT molecular complexity index is 1140. The molecular formula is C23H22Cl2N4OS. The highest BCUT2D eigenvalue weighted by atomic mass is 35.5. The molecule has 5 nitrogen and oxygen atoms in total. The molecule has 2 aromatic carbocycles. The summed E-state index contributed by atoms with van der Waals surface area (Å²) in [7, 11) is 1.60. The molecule has 0 bridgehead atoms. The maximum absolute atomic E-state index is 6.16. The standard InChI is InChI=1S/C23H22Cl2N4OS/c1-22(14-5-9-16(24)10-6-14)23(2,15-7-11-17(25)12-8-15)29-19(28-22)18-13-26-21(31-4)27-20(18)30-3/h5-13H,1-4H3,(H,28,29). The fourth-order valence-electron chi connectivity index (χ4n) is 3.88. The van der Waals surface area contributed by atoms with Crippen molar-refractivity contribution in [2.75, 3.05) is 13.4 Å². The van der Waals surface area contributed by atoms with Crippen LogP contribution in [-0.2, 0) is 11.1 Å². The van der Waals surface area contributed by atoms with E-state index in [2.05, 4.69) is 29.1 Å². The highest BCUT2D eigenvalue weighted by Gasteiger charge is 2.52. The predicted molar refractivity (Wildman–Crippen MR) is 128 cm³/mol. The molecule has 2 atom stereocenters. The van der Waals surface area contributed by atoms with Crippen LogP contribution in [0.15, 0.2) is 64.9 Å². The number of rotatable bonds is 5.